The minimum atomic E-state index is 0.0497. The summed E-state index contributed by atoms with van der Waals surface area (Å²) in [6, 6.07) is 0. The molecule has 1 fully saturated rings. The second-order valence-electron chi connectivity index (χ2n) is 2.57. The molecule has 1 rings (SSSR count). The van der Waals surface area contributed by atoms with Crippen LogP contribution < -0.4 is 0 Å². The second kappa shape index (κ2) is 3.91. The molecule has 0 aromatic heterocycles. The largest absolute Gasteiger partial charge is 0.394 e. The van der Waals surface area contributed by atoms with Gasteiger partial charge in [-0.25, -0.2) is 0 Å². The highest BCUT2D eigenvalue weighted by Gasteiger charge is 2.17. The Bertz CT molecular complexity index is 87.6. The molecule has 0 spiro atoms. The maximum absolute atomic E-state index is 8.75. The van der Waals surface area contributed by atoms with Gasteiger partial charge in [-0.3, -0.25) is 4.90 Å². The fourth-order valence-corrected chi connectivity index (χ4v) is 1.18. The number of hydrogen-bond donors (Lipinski definition) is 1. The Hall–Kier alpha value is -0.120. The molecule has 0 bridgehead atoms. The number of aliphatic hydroxyl groups is 1. The van der Waals surface area contributed by atoms with Crippen molar-refractivity contribution < 1.29 is 9.84 Å². The van der Waals surface area contributed by atoms with E-state index in [1.165, 1.54) is 0 Å². The molecule has 1 unspecified atom stereocenters. The molecule has 0 amide bonds. The van der Waals surface area contributed by atoms with E-state index in [0.717, 1.165) is 26.2 Å². The molecular formula is C7H15NO2. The quantitative estimate of drug-likeness (QED) is 0.579. The highest BCUT2D eigenvalue weighted by Crippen LogP contribution is 2.02. The van der Waals surface area contributed by atoms with Gasteiger partial charge in [0.15, 0.2) is 0 Å². The molecule has 3 heteroatoms. The van der Waals surface area contributed by atoms with Crippen LogP contribution in [0.5, 0.6) is 0 Å². The SMILES string of the molecule is CCN1CCOC(CO)C1. The Morgan fingerprint density at radius 2 is 2.50 bits per heavy atom. The van der Waals surface area contributed by atoms with E-state index in [1.54, 1.807) is 0 Å². The van der Waals surface area contributed by atoms with Crippen LogP contribution in [0.1, 0.15) is 6.92 Å². The van der Waals surface area contributed by atoms with Crippen molar-refractivity contribution in [1.82, 2.24) is 4.90 Å². The highest BCUT2D eigenvalue weighted by molar-refractivity contribution is 4.68. The first-order valence-corrected chi connectivity index (χ1v) is 3.81. The summed E-state index contributed by atoms with van der Waals surface area (Å²) in [4.78, 5) is 2.28. The first kappa shape index (κ1) is 7.98. The predicted octanol–water partition coefficient (Wildman–Crippen LogP) is -0.301. The first-order chi connectivity index (χ1) is 4.86. The Labute approximate surface area is 61.6 Å². The lowest BCUT2D eigenvalue weighted by Crippen LogP contribution is -2.43. The van der Waals surface area contributed by atoms with Crippen LogP contribution in [0.2, 0.25) is 0 Å². The minimum Gasteiger partial charge on any atom is -0.394 e. The number of hydrogen-bond acceptors (Lipinski definition) is 3. The Morgan fingerprint density at radius 3 is 3.10 bits per heavy atom. The average Bonchev–Trinajstić information content (AvgIpc) is 2.05. The van der Waals surface area contributed by atoms with Gasteiger partial charge in [-0.05, 0) is 6.54 Å². The van der Waals surface area contributed by atoms with Crippen molar-refractivity contribution in [3.8, 4) is 0 Å². The van der Waals surface area contributed by atoms with Crippen molar-refractivity contribution in [3.05, 3.63) is 0 Å². The van der Waals surface area contributed by atoms with Crippen LogP contribution in [0.4, 0.5) is 0 Å². The van der Waals surface area contributed by atoms with E-state index in [-0.39, 0.29) is 12.7 Å². The van der Waals surface area contributed by atoms with E-state index in [0.29, 0.717) is 0 Å². The molecule has 1 saturated heterocycles. The first-order valence-electron chi connectivity index (χ1n) is 3.81. The third-order valence-corrected chi connectivity index (χ3v) is 1.87. The summed E-state index contributed by atoms with van der Waals surface area (Å²) in [6.07, 6.45) is 0.0497. The van der Waals surface area contributed by atoms with Gasteiger partial charge in [0.25, 0.3) is 0 Å². The molecule has 60 valence electrons. The lowest BCUT2D eigenvalue weighted by Gasteiger charge is -2.30. The van der Waals surface area contributed by atoms with E-state index in [9.17, 15) is 0 Å². The van der Waals surface area contributed by atoms with Crippen LogP contribution in [-0.4, -0.2) is 49.0 Å². The molecule has 10 heavy (non-hydrogen) atoms. The summed E-state index contributed by atoms with van der Waals surface area (Å²) in [5.74, 6) is 0. The number of aliphatic hydroxyl groups excluding tert-OH is 1. The Morgan fingerprint density at radius 1 is 1.70 bits per heavy atom. The highest BCUT2D eigenvalue weighted by atomic mass is 16.5. The number of morpholine rings is 1. The molecule has 1 atom stereocenters. The fraction of sp³-hybridized carbons (Fsp3) is 1.00. The molecule has 1 heterocycles. The molecule has 1 N–H and O–H groups in total. The van der Waals surface area contributed by atoms with Gasteiger partial charge in [-0.1, -0.05) is 6.92 Å². The monoisotopic (exact) mass is 145 g/mol. The van der Waals surface area contributed by atoms with Crippen LogP contribution >= 0.6 is 0 Å². The molecule has 0 aliphatic carbocycles. The van der Waals surface area contributed by atoms with Gasteiger partial charge in [0, 0.05) is 13.1 Å². The normalized spacial score (nSPS) is 28.8. The van der Waals surface area contributed by atoms with Crippen molar-refractivity contribution in [2.45, 2.75) is 13.0 Å². The molecule has 0 aromatic rings. The van der Waals surface area contributed by atoms with Crippen molar-refractivity contribution in [1.29, 1.82) is 0 Å². The predicted molar refractivity (Wildman–Crippen MR) is 38.9 cm³/mol. The van der Waals surface area contributed by atoms with Crippen LogP contribution in [0.25, 0.3) is 0 Å². The summed E-state index contributed by atoms with van der Waals surface area (Å²) in [5.41, 5.74) is 0. The van der Waals surface area contributed by atoms with Crippen LogP contribution in [0.3, 0.4) is 0 Å². The van der Waals surface area contributed by atoms with Crippen molar-refractivity contribution >= 4 is 0 Å². The standard InChI is InChI=1S/C7H15NO2/c1-2-8-3-4-10-7(5-8)6-9/h7,9H,2-6H2,1H3. The fourth-order valence-electron chi connectivity index (χ4n) is 1.18. The van der Waals surface area contributed by atoms with Crippen LogP contribution in [-0.2, 0) is 4.74 Å². The number of ether oxygens (including phenoxy) is 1. The topological polar surface area (TPSA) is 32.7 Å². The Balaban J connectivity index is 2.25. The van der Waals surface area contributed by atoms with Gasteiger partial charge in [-0.2, -0.15) is 0 Å². The molecule has 3 nitrogen and oxygen atoms in total. The van der Waals surface area contributed by atoms with Crippen LogP contribution in [0.15, 0.2) is 0 Å². The van der Waals surface area contributed by atoms with Crippen molar-refractivity contribution in [3.63, 3.8) is 0 Å². The minimum absolute atomic E-state index is 0.0497. The zero-order valence-corrected chi connectivity index (χ0v) is 6.42. The smallest absolute Gasteiger partial charge is 0.0932 e. The molecule has 1 aliphatic rings. The number of nitrogens with zero attached hydrogens (tertiary/aromatic N) is 1. The van der Waals surface area contributed by atoms with Gasteiger partial charge in [0.1, 0.15) is 0 Å². The zero-order valence-electron chi connectivity index (χ0n) is 6.42. The lowest BCUT2D eigenvalue weighted by molar-refractivity contribution is -0.0512. The summed E-state index contributed by atoms with van der Waals surface area (Å²) < 4.78 is 5.27. The lowest BCUT2D eigenvalue weighted by atomic mass is 10.3. The number of likely N-dealkylation sites (N-methyl/N-ethyl adjacent to an activating group) is 1. The van der Waals surface area contributed by atoms with Crippen molar-refractivity contribution in [2.75, 3.05) is 32.8 Å². The van der Waals surface area contributed by atoms with Crippen molar-refractivity contribution in [2.24, 2.45) is 0 Å². The maximum Gasteiger partial charge on any atom is 0.0932 e. The third-order valence-electron chi connectivity index (χ3n) is 1.87. The summed E-state index contributed by atoms with van der Waals surface area (Å²) >= 11 is 0. The van der Waals surface area contributed by atoms with E-state index in [4.69, 9.17) is 9.84 Å². The maximum atomic E-state index is 8.75. The average molecular weight is 145 g/mol. The van der Waals surface area contributed by atoms with E-state index >= 15 is 0 Å². The van der Waals surface area contributed by atoms with E-state index in [2.05, 4.69) is 11.8 Å². The van der Waals surface area contributed by atoms with E-state index in [1.807, 2.05) is 0 Å². The molecular weight excluding hydrogens is 130 g/mol. The Kier molecular flexibility index (Phi) is 3.12. The van der Waals surface area contributed by atoms with Gasteiger partial charge < -0.3 is 9.84 Å². The van der Waals surface area contributed by atoms with Gasteiger partial charge in [-0.15, -0.1) is 0 Å². The van der Waals surface area contributed by atoms with Gasteiger partial charge in [0.2, 0.25) is 0 Å². The second-order valence-corrected chi connectivity index (χ2v) is 2.57. The summed E-state index contributed by atoms with van der Waals surface area (Å²) in [7, 11) is 0. The zero-order chi connectivity index (χ0) is 7.40. The van der Waals surface area contributed by atoms with E-state index < -0.39 is 0 Å². The third kappa shape index (κ3) is 1.94. The summed E-state index contributed by atoms with van der Waals surface area (Å²) in [6.45, 7) is 5.98. The van der Waals surface area contributed by atoms with Crippen LogP contribution in [0, 0.1) is 0 Å². The summed E-state index contributed by atoms with van der Waals surface area (Å²) in [5, 5.41) is 8.75. The molecule has 1 aliphatic heterocycles. The molecule has 0 aromatic carbocycles. The molecule has 0 radical (unpaired) electrons. The van der Waals surface area contributed by atoms with Gasteiger partial charge in [0.05, 0.1) is 19.3 Å². The van der Waals surface area contributed by atoms with Gasteiger partial charge >= 0.3 is 0 Å². The molecule has 0 saturated carbocycles. The number of rotatable bonds is 2.